The van der Waals surface area contributed by atoms with Crippen molar-refractivity contribution in [2.24, 2.45) is 11.8 Å². The number of methoxy groups -OCH3 is 1. The van der Waals surface area contributed by atoms with Crippen LogP contribution in [0, 0.1) is 11.8 Å². The van der Waals surface area contributed by atoms with E-state index < -0.39 is 11.1 Å². The molecule has 0 N–H and O–H groups in total. The molecule has 1 amide bonds. The van der Waals surface area contributed by atoms with E-state index in [1.54, 1.807) is 24.3 Å². The van der Waals surface area contributed by atoms with Crippen molar-refractivity contribution >= 4 is 23.2 Å². The number of carbonyl (C=O) groups excluding carboxylic acids is 2. The molecule has 0 aliphatic carbocycles. The van der Waals surface area contributed by atoms with E-state index in [1.807, 2.05) is 38.3 Å². The Morgan fingerprint density at radius 2 is 1.86 bits per heavy atom. The Balaban J connectivity index is 2.21. The quantitative estimate of drug-likeness (QED) is 0.397. The van der Waals surface area contributed by atoms with Crippen molar-refractivity contribution in [1.82, 2.24) is 9.88 Å². The Morgan fingerprint density at radius 1 is 1.19 bits per heavy atom. The number of aromatic nitrogens is 1. The maximum atomic E-state index is 14.4. The number of rotatable bonds is 6. The second kappa shape index (κ2) is 10.2. The number of likely N-dealkylation sites (tertiary alicyclic amines) is 1. The second-order valence-electron chi connectivity index (χ2n) is 12.5. The van der Waals surface area contributed by atoms with Crippen LogP contribution in [0.5, 0.6) is 5.75 Å². The zero-order valence-corrected chi connectivity index (χ0v) is 24.3. The van der Waals surface area contributed by atoms with Crippen molar-refractivity contribution in [2.45, 2.75) is 97.8 Å². The third kappa shape index (κ3) is 5.61. The maximum Gasteiger partial charge on any atom is 0.332 e. The molecule has 2 aromatic rings. The van der Waals surface area contributed by atoms with Crippen molar-refractivity contribution in [1.29, 1.82) is 0 Å². The monoisotopic (exact) mass is 514 g/mol. The Bertz CT molecular complexity index is 1080. The van der Waals surface area contributed by atoms with E-state index in [-0.39, 0.29) is 35.2 Å². The first-order valence-corrected chi connectivity index (χ1v) is 13.6. The Hall–Kier alpha value is -2.41. The molecule has 1 aliphatic rings. The summed E-state index contributed by atoms with van der Waals surface area (Å²) in [4.78, 5) is 34.8. The predicted octanol–water partition coefficient (Wildman–Crippen LogP) is 6.80. The fraction of sp³-hybridized carbons (Fsp3) is 0.621. The molecule has 1 aromatic carbocycles. The van der Waals surface area contributed by atoms with Gasteiger partial charge in [0.05, 0.1) is 13.2 Å². The van der Waals surface area contributed by atoms with Gasteiger partial charge in [-0.2, -0.15) is 0 Å². The average molecular weight is 515 g/mol. The lowest BCUT2D eigenvalue weighted by Gasteiger charge is -2.41. The van der Waals surface area contributed by atoms with E-state index in [2.05, 4.69) is 46.5 Å². The largest absolute Gasteiger partial charge is 0.496 e. The second-order valence-corrected chi connectivity index (χ2v) is 13.4. The van der Waals surface area contributed by atoms with Crippen LogP contribution in [0.15, 0.2) is 29.8 Å². The van der Waals surface area contributed by atoms with Crippen molar-refractivity contribution in [3.05, 3.63) is 45.9 Å². The van der Waals surface area contributed by atoms with Crippen LogP contribution in [0.25, 0.3) is 0 Å². The molecule has 198 valence electrons. The van der Waals surface area contributed by atoms with Gasteiger partial charge in [-0.3, -0.25) is 4.79 Å². The topological polar surface area (TPSA) is 68.7 Å². The predicted molar refractivity (Wildman–Crippen MR) is 145 cm³/mol. The van der Waals surface area contributed by atoms with Gasteiger partial charge in [-0.05, 0) is 68.6 Å². The molecular weight excluding hydrogens is 472 g/mol. The summed E-state index contributed by atoms with van der Waals surface area (Å²) in [5, 5.41) is 2.75. The summed E-state index contributed by atoms with van der Waals surface area (Å²) in [5.74, 6) is 0.319. The van der Waals surface area contributed by atoms with Gasteiger partial charge >= 0.3 is 5.97 Å². The Kier molecular flexibility index (Phi) is 7.95. The molecule has 1 aromatic heterocycles. The van der Waals surface area contributed by atoms with Crippen molar-refractivity contribution in [2.75, 3.05) is 7.11 Å². The first-order chi connectivity index (χ1) is 16.6. The number of thiazole rings is 1. The normalized spacial score (nSPS) is 22.7. The van der Waals surface area contributed by atoms with Crippen molar-refractivity contribution in [3.63, 3.8) is 0 Å². The fourth-order valence-electron chi connectivity index (χ4n) is 5.40. The molecule has 0 spiro atoms. The van der Waals surface area contributed by atoms with Crippen molar-refractivity contribution in [3.8, 4) is 5.75 Å². The zero-order chi connectivity index (χ0) is 27.1. The number of carbonyl (C=O) groups is 2. The molecular formula is C29H42N2O4S. The summed E-state index contributed by atoms with van der Waals surface area (Å²) < 4.78 is 11.7. The Morgan fingerprint density at radius 3 is 2.36 bits per heavy atom. The number of benzene rings is 1. The smallest absolute Gasteiger partial charge is 0.332 e. The van der Waals surface area contributed by atoms with Crippen molar-refractivity contribution < 1.29 is 19.1 Å². The van der Waals surface area contributed by atoms with Gasteiger partial charge in [0, 0.05) is 17.1 Å². The van der Waals surface area contributed by atoms with Gasteiger partial charge in [-0.25, -0.2) is 9.78 Å². The lowest BCUT2D eigenvalue weighted by molar-refractivity contribution is -0.168. The minimum Gasteiger partial charge on any atom is -0.496 e. The number of hydrogen-bond donors (Lipinski definition) is 0. The molecule has 0 saturated carbocycles. The molecule has 2 heterocycles. The summed E-state index contributed by atoms with van der Waals surface area (Å²) in [7, 11) is 1.62. The van der Waals surface area contributed by atoms with E-state index in [4.69, 9.17) is 9.47 Å². The minimum absolute atomic E-state index is 0.0297. The molecule has 3 rings (SSSR count). The number of hydrogen-bond acceptors (Lipinski definition) is 6. The number of ether oxygens (including phenoxy) is 2. The van der Waals surface area contributed by atoms with Crippen LogP contribution in [0.2, 0.25) is 0 Å². The van der Waals surface area contributed by atoms with Crippen LogP contribution in [0.3, 0.4) is 0 Å². The molecule has 7 heteroatoms. The lowest BCUT2D eigenvalue weighted by atomic mass is 9.83. The minimum atomic E-state index is -1.09. The molecule has 3 atom stereocenters. The summed E-state index contributed by atoms with van der Waals surface area (Å²) in [6.07, 6.45) is 2.79. The van der Waals surface area contributed by atoms with Gasteiger partial charge in [-0.1, -0.05) is 47.6 Å². The number of nitrogens with zero attached hydrogens (tertiary/aromatic N) is 2. The standard InChI is InChI=1S/C29H42N2O4S/c1-18(2)16-29(26(33)35-28(7,8)9)17-19(3)23(24-30-13-14-36-24)31(29)25(32)20-11-12-21(27(4,5)6)22(15-20)34-10/h11-15,18-19,23H,16-17H2,1-10H3/t19-,23-,29+/m1/s1. The molecule has 0 bridgehead atoms. The highest BCUT2D eigenvalue weighted by molar-refractivity contribution is 7.09. The van der Waals surface area contributed by atoms with Gasteiger partial charge in [0.1, 0.15) is 21.9 Å². The van der Waals surface area contributed by atoms with E-state index in [0.29, 0.717) is 24.2 Å². The third-order valence-corrected chi connectivity index (χ3v) is 7.49. The van der Waals surface area contributed by atoms with Crippen LogP contribution in [0.4, 0.5) is 0 Å². The maximum absolute atomic E-state index is 14.4. The first-order valence-electron chi connectivity index (χ1n) is 12.8. The van der Waals surface area contributed by atoms with E-state index in [1.165, 1.54) is 11.3 Å². The highest BCUT2D eigenvalue weighted by atomic mass is 32.1. The highest BCUT2D eigenvalue weighted by Gasteiger charge is 2.59. The molecule has 6 nitrogen and oxygen atoms in total. The fourth-order valence-corrected chi connectivity index (χ4v) is 6.26. The van der Waals surface area contributed by atoms with E-state index >= 15 is 0 Å². The molecule has 0 unspecified atom stereocenters. The number of amides is 1. The summed E-state index contributed by atoms with van der Waals surface area (Å²) in [6.45, 7) is 18.2. The van der Waals surface area contributed by atoms with Crippen LogP contribution >= 0.6 is 11.3 Å². The van der Waals surface area contributed by atoms with Gasteiger partial charge in [-0.15, -0.1) is 11.3 Å². The number of esters is 1. The van der Waals surface area contributed by atoms with Crippen LogP contribution in [-0.4, -0.2) is 40.0 Å². The average Bonchev–Trinajstić information content (AvgIpc) is 3.36. The molecule has 36 heavy (non-hydrogen) atoms. The Labute approximate surface area is 220 Å². The van der Waals surface area contributed by atoms with Crippen LogP contribution in [-0.2, 0) is 14.9 Å². The first kappa shape index (κ1) is 28.2. The lowest BCUT2D eigenvalue weighted by Crippen LogP contribution is -2.56. The molecule has 1 saturated heterocycles. The highest BCUT2D eigenvalue weighted by Crippen LogP contribution is 2.51. The summed E-state index contributed by atoms with van der Waals surface area (Å²) in [5.41, 5.74) is -0.392. The van der Waals surface area contributed by atoms with Gasteiger partial charge < -0.3 is 14.4 Å². The molecule has 0 radical (unpaired) electrons. The third-order valence-electron chi connectivity index (χ3n) is 6.64. The SMILES string of the molecule is COc1cc(C(=O)N2[C@@H](c3nccs3)[C@H](C)C[C@@]2(CC(C)C)C(=O)OC(C)(C)C)ccc1C(C)(C)C. The molecule has 1 aliphatic heterocycles. The molecule has 1 fully saturated rings. The van der Waals surface area contributed by atoms with E-state index in [9.17, 15) is 9.59 Å². The van der Waals surface area contributed by atoms with E-state index in [0.717, 1.165) is 10.6 Å². The summed E-state index contributed by atoms with van der Waals surface area (Å²) >= 11 is 1.52. The van der Waals surface area contributed by atoms with Crippen LogP contribution in [0.1, 0.15) is 102 Å². The summed E-state index contributed by atoms with van der Waals surface area (Å²) in [6, 6.07) is 5.29. The van der Waals surface area contributed by atoms with Gasteiger partial charge in [0.2, 0.25) is 0 Å². The zero-order valence-electron chi connectivity index (χ0n) is 23.5. The van der Waals surface area contributed by atoms with Crippen LogP contribution < -0.4 is 4.74 Å². The van der Waals surface area contributed by atoms with Gasteiger partial charge in [0.15, 0.2) is 0 Å². The van der Waals surface area contributed by atoms with Gasteiger partial charge in [0.25, 0.3) is 5.91 Å².